The number of aliphatic imine (C=N–C) groups is 1. The molecule has 1 fully saturated rings. The maximum atomic E-state index is 13.0. The second kappa shape index (κ2) is 8.08. The van der Waals surface area contributed by atoms with Crippen molar-refractivity contribution in [3.8, 4) is 0 Å². The van der Waals surface area contributed by atoms with Crippen molar-refractivity contribution in [3.05, 3.63) is 107 Å². The number of hydrogen-bond donors (Lipinski definition) is 1. The van der Waals surface area contributed by atoms with Crippen molar-refractivity contribution in [2.24, 2.45) is 10.1 Å². The lowest BCUT2D eigenvalue weighted by molar-refractivity contribution is -0.115. The van der Waals surface area contributed by atoms with Gasteiger partial charge in [-0.25, -0.2) is 0 Å². The van der Waals surface area contributed by atoms with Crippen molar-refractivity contribution >= 4 is 35.2 Å². The number of amidine groups is 1. The van der Waals surface area contributed by atoms with E-state index in [4.69, 9.17) is 4.99 Å². The molecule has 5 nitrogen and oxygen atoms in total. The summed E-state index contributed by atoms with van der Waals surface area (Å²) >= 11 is 1.55. The van der Waals surface area contributed by atoms with Crippen LogP contribution in [0.25, 0.3) is 6.08 Å². The number of benzene rings is 2. The van der Waals surface area contributed by atoms with E-state index in [0.29, 0.717) is 11.5 Å². The summed E-state index contributed by atoms with van der Waals surface area (Å²) < 4.78 is 0. The van der Waals surface area contributed by atoms with Crippen LogP contribution in [0.2, 0.25) is 0 Å². The summed E-state index contributed by atoms with van der Waals surface area (Å²) in [7, 11) is 0. The minimum absolute atomic E-state index is 0.100. The molecule has 0 spiro atoms. The van der Waals surface area contributed by atoms with E-state index in [0.717, 1.165) is 21.7 Å². The van der Waals surface area contributed by atoms with Crippen LogP contribution in [-0.4, -0.2) is 33.6 Å². The number of hydrogen-bond acceptors (Lipinski definition) is 6. The zero-order valence-electron chi connectivity index (χ0n) is 16.0. The van der Waals surface area contributed by atoms with E-state index in [2.05, 4.69) is 15.5 Å². The van der Waals surface area contributed by atoms with Crippen LogP contribution in [0.5, 0.6) is 0 Å². The molecule has 3 aromatic rings. The number of aromatic nitrogens is 1. The van der Waals surface area contributed by atoms with Crippen molar-refractivity contribution in [2.75, 3.05) is 0 Å². The van der Waals surface area contributed by atoms with Crippen LogP contribution in [0.4, 0.5) is 0 Å². The van der Waals surface area contributed by atoms with Gasteiger partial charge in [-0.05, 0) is 23.8 Å². The topological polar surface area (TPSA) is 66.7 Å². The zero-order chi connectivity index (χ0) is 20.3. The fraction of sp³-hybridized carbons (Fsp3) is 0.0833. The Morgan fingerprint density at radius 3 is 2.33 bits per heavy atom. The third-order valence-corrected chi connectivity index (χ3v) is 6.25. The van der Waals surface area contributed by atoms with E-state index in [1.54, 1.807) is 18.0 Å². The molecule has 2 aromatic carbocycles. The number of allylic oxidation sites excluding steroid dienone is 1. The summed E-state index contributed by atoms with van der Waals surface area (Å²) in [5.74, 6) is 0.678. The van der Waals surface area contributed by atoms with Crippen LogP contribution in [0.1, 0.15) is 16.8 Å². The van der Waals surface area contributed by atoms with Gasteiger partial charge in [0.25, 0.3) is 0 Å². The number of hydrazone groups is 1. The van der Waals surface area contributed by atoms with E-state index in [1.165, 1.54) is 0 Å². The number of nitrogens with zero attached hydrogens (tertiary/aromatic N) is 3. The zero-order valence-corrected chi connectivity index (χ0v) is 16.8. The Bertz CT molecular complexity index is 1160. The Hall–Kier alpha value is -3.51. The Balaban J connectivity index is 1.47. The van der Waals surface area contributed by atoms with Gasteiger partial charge in [0.2, 0.25) is 0 Å². The molecule has 5 rings (SSSR count). The Morgan fingerprint density at radius 2 is 1.63 bits per heavy atom. The predicted molar refractivity (Wildman–Crippen MR) is 121 cm³/mol. The highest BCUT2D eigenvalue weighted by atomic mass is 32.2. The maximum absolute atomic E-state index is 13.0. The highest BCUT2D eigenvalue weighted by molar-refractivity contribution is 8.08. The quantitative estimate of drug-likeness (QED) is 0.662. The van der Waals surface area contributed by atoms with Gasteiger partial charge in [-0.2, -0.15) is 5.10 Å². The summed E-state index contributed by atoms with van der Waals surface area (Å²) in [6.45, 7) is 0. The number of thioether (sulfide) groups is 1. The summed E-state index contributed by atoms with van der Waals surface area (Å²) in [6.07, 6.45) is 3.65. The third-order valence-electron chi connectivity index (χ3n) is 4.95. The van der Waals surface area contributed by atoms with E-state index >= 15 is 0 Å². The molecule has 0 bridgehead atoms. The molecule has 1 saturated heterocycles. The third kappa shape index (κ3) is 3.57. The molecule has 3 heterocycles. The minimum Gasteiger partial charge on any atom is -0.292 e. The average Bonchev–Trinajstić information content (AvgIpc) is 2.83. The molecule has 2 aliphatic rings. The first-order valence-corrected chi connectivity index (χ1v) is 10.5. The molecule has 0 saturated carbocycles. The Labute approximate surface area is 178 Å². The van der Waals surface area contributed by atoms with Gasteiger partial charge in [0, 0.05) is 11.8 Å². The first kappa shape index (κ1) is 18.5. The molecule has 1 aromatic heterocycles. The van der Waals surface area contributed by atoms with Gasteiger partial charge in [0.05, 0.1) is 10.6 Å². The Kier molecular flexibility index (Phi) is 4.99. The number of carbonyl (C=O) groups excluding carboxylic acids is 1. The number of pyridine rings is 1. The van der Waals surface area contributed by atoms with Crippen LogP contribution in [0.3, 0.4) is 0 Å². The molecule has 2 aliphatic heterocycles. The molecule has 0 amide bonds. The maximum Gasteiger partial charge on any atom is 0.185 e. The van der Waals surface area contributed by atoms with Crippen molar-refractivity contribution in [1.82, 2.24) is 10.4 Å². The van der Waals surface area contributed by atoms with E-state index in [9.17, 15) is 4.79 Å². The Morgan fingerprint density at radius 1 is 0.900 bits per heavy atom. The average molecular weight is 411 g/mol. The van der Waals surface area contributed by atoms with Gasteiger partial charge in [-0.3, -0.25) is 20.2 Å². The van der Waals surface area contributed by atoms with Crippen LogP contribution in [0.15, 0.2) is 100 Å². The van der Waals surface area contributed by atoms with Crippen molar-refractivity contribution in [1.29, 1.82) is 0 Å². The van der Waals surface area contributed by atoms with Crippen molar-refractivity contribution in [3.63, 3.8) is 0 Å². The molecule has 146 valence electrons. The van der Waals surface area contributed by atoms with Gasteiger partial charge in [-0.1, -0.05) is 66.7 Å². The predicted octanol–water partition coefficient (Wildman–Crippen LogP) is 3.93. The molecule has 0 unspecified atom stereocenters. The summed E-state index contributed by atoms with van der Waals surface area (Å²) in [6, 6.07) is 25.0. The summed E-state index contributed by atoms with van der Waals surface area (Å²) in [4.78, 5) is 23.0. The molecule has 2 atom stereocenters. The monoisotopic (exact) mass is 410 g/mol. The molecule has 0 radical (unpaired) electrons. The van der Waals surface area contributed by atoms with Crippen molar-refractivity contribution in [2.45, 2.75) is 11.3 Å². The van der Waals surface area contributed by atoms with Gasteiger partial charge in [0.1, 0.15) is 17.0 Å². The highest BCUT2D eigenvalue weighted by Gasteiger charge is 2.44. The first-order chi connectivity index (χ1) is 14.8. The molecule has 0 aliphatic carbocycles. The lowest BCUT2D eigenvalue weighted by Gasteiger charge is -2.34. The number of ketones is 1. The van der Waals surface area contributed by atoms with Gasteiger partial charge >= 0.3 is 0 Å². The lowest BCUT2D eigenvalue weighted by Crippen LogP contribution is -2.47. The van der Waals surface area contributed by atoms with Gasteiger partial charge in [-0.15, -0.1) is 11.8 Å². The highest BCUT2D eigenvalue weighted by Crippen LogP contribution is 2.42. The number of rotatable bonds is 4. The van der Waals surface area contributed by atoms with Crippen LogP contribution in [0, 0.1) is 0 Å². The van der Waals surface area contributed by atoms with Crippen LogP contribution in [-0.2, 0) is 4.79 Å². The molecule has 6 heteroatoms. The summed E-state index contributed by atoms with van der Waals surface area (Å²) in [5, 5.41) is 4.29. The van der Waals surface area contributed by atoms with E-state index in [1.807, 2.05) is 84.9 Å². The number of nitrogens with one attached hydrogen (secondary N) is 1. The van der Waals surface area contributed by atoms with E-state index in [-0.39, 0.29) is 17.1 Å². The summed E-state index contributed by atoms with van der Waals surface area (Å²) in [5.41, 5.74) is 6.46. The molecule has 1 N–H and O–H groups in total. The van der Waals surface area contributed by atoms with Crippen LogP contribution < -0.4 is 5.43 Å². The van der Waals surface area contributed by atoms with Crippen LogP contribution >= 0.6 is 11.8 Å². The fourth-order valence-electron chi connectivity index (χ4n) is 3.43. The number of carbonyl (C=O) groups is 1. The minimum atomic E-state index is -0.379. The molecular weight excluding hydrogens is 392 g/mol. The largest absolute Gasteiger partial charge is 0.292 e. The fourth-order valence-corrected chi connectivity index (χ4v) is 4.52. The van der Waals surface area contributed by atoms with Gasteiger partial charge < -0.3 is 0 Å². The SMILES string of the molecule is O=C1/C(=C/c2ccccc2)S[C@@H]1[C@H]1N=C(c2ccccn2)NN=C1c1ccccc1. The van der Waals surface area contributed by atoms with Gasteiger partial charge in [0.15, 0.2) is 11.6 Å². The lowest BCUT2D eigenvalue weighted by atomic mass is 9.96. The molecule has 30 heavy (non-hydrogen) atoms. The molecular formula is C24H18N4OS. The second-order valence-corrected chi connectivity index (χ2v) is 8.12. The second-order valence-electron chi connectivity index (χ2n) is 6.93. The smallest absolute Gasteiger partial charge is 0.185 e. The first-order valence-electron chi connectivity index (χ1n) is 9.65. The van der Waals surface area contributed by atoms with Crippen molar-refractivity contribution < 1.29 is 4.79 Å². The normalized spacial score (nSPS) is 22.0. The van der Waals surface area contributed by atoms with E-state index < -0.39 is 0 Å². The standard InChI is InChI=1S/C24H18N4OS/c29-22-19(15-16-9-3-1-4-10-16)30-23(22)21-20(17-11-5-2-6-12-17)27-28-24(26-21)18-13-7-8-14-25-18/h1-15,21,23H,(H,26,28)/b19-15-/t21-,23+/m0/s1. The number of Topliss-reactive ketones (excluding diaryl/α,β-unsaturated/α-hetero) is 1.